The van der Waals surface area contributed by atoms with Crippen molar-refractivity contribution in [1.29, 1.82) is 0 Å². The van der Waals surface area contributed by atoms with Crippen molar-refractivity contribution in [3.63, 3.8) is 0 Å². The zero-order valence-electron chi connectivity index (χ0n) is 24.2. The van der Waals surface area contributed by atoms with Gasteiger partial charge in [0, 0.05) is 38.6 Å². The van der Waals surface area contributed by atoms with Crippen molar-refractivity contribution in [2.24, 2.45) is 0 Å². The number of H-pyrrole nitrogens is 1. The van der Waals surface area contributed by atoms with Crippen LogP contribution in [0.25, 0.3) is 22.0 Å². The van der Waals surface area contributed by atoms with E-state index in [4.69, 9.17) is 4.74 Å². The second kappa shape index (κ2) is 13.8. The SMILES string of the molecule is CC/C(=C(/c1ccc(OCCNC/C=C/C(=O)N(C)C)cc1)c1ccc2[nH]ncc2c1)c1ccc(C(C)C)cc1. The summed E-state index contributed by atoms with van der Waals surface area (Å²) in [6.07, 6.45) is 6.18. The number of amides is 1. The summed E-state index contributed by atoms with van der Waals surface area (Å²) in [5, 5.41) is 11.6. The second-order valence-corrected chi connectivity index (χ2v) is 10.4. The fourth-order valence-corrected chi connectivity index (χ4v) is 4.66. The summed E-state index contributed by atoms with van der Waals surface area (Å²) in [6.45, 7) is 8.51. The molecular weight excluding hydrogens is 496 g/mol. The highest BCUT2D eigenvalue weighted by atomic mass is 16.5. The van der Waals surface area contributed by atoms with Gasteiger partial charge < -0.3 is 15.0 Å². The van der Waals surface area contributed by atoms with E-state index in [1.54, 1.807) is 25.1 Å². The number of hydrogen-bond acceptors (Lipinski definition) is 4. The average Bonchev–Trinajstić information content (AvgIpc) is 3.44. The Bertz CT molecular complexity index is 1460. The number of carbonyl (C=O) groups excluding carboxylic acids is 1. The van der Waals surface area contributed by atoms with Crippen LogP contribution in [0.2, 0.25) is 0 Å². The van der Waals surface area contributed by atoms with E-state index in [1.807, 2.05) is 24.4 Å². The predicted molar refractivity (Wildman–Crippen MR) is 165 cm³/mol. The Hall–Kier alpha value is -4.16. The standard InChI is InChI=1S/C34H40N4O2/c1-6-31(26-11-9-25(10-12-26)24(2)3)34(28-15-18-32-29(22-28)23-36-37-32)27-13-16-30(17-14-27)40-21-20-35-19-7-8-33(39)38(4)5/h7-18,22-24,35H,6,19-21H2,1-5H3,(H,36,37)/b8-7+,34-31+. The molecule has 0 bridgehead atoms. The lowest BCUT2D eigenvalue weighted by Crippen LogP contribution is -2.22. The lowest BCUT2D eigenvalue weighted by molar-refractivity contribution is -0.123. The molecular formula is C34H40N4O2. The monoisotopic (exact) mass is 536 g/mol. The number of fused-ring (bicyclic) bond motifs is 1. The third kappa shape index (κ3) is 7.27. The van der Waals surface area contributed by atoms with Gasteiger partial charge in [-0.25, -0.2) is 0 Å². The lowest BCUT2D eigenvalue weighted by Gasteiger charge is -2.18. The van der Waals surface area contributed by atoms with Gasteiger partial charge in [0.15, 0.2) is 0 Å². The molecule has 4 rings (SSSR count). The van der Waals surface area contributed by atoms with Crippen molar-refractivity contribution >= 4 is 28.0 Å². The summed E-state index contributed by atoms with van der Waals surface area (Å²) in [4.78, 5) is 13.1. The number of ether oxygens (including phenoxy) is 1. The predicted octanol–water partition coefficient (Wildman–Crippen LogP) is 6.67. The first-order valence-corrected chi connectivity index (χ1v) is 14.0. The highest BCUT2D eigenvalue weighted by Gasteiger charge is 2.15. The van der Waals surface area contributed by atoms with Crippen LogP contribution in [0.4, 0.5) is 0 Å². The van der Waals surface area contributed by atoms with Gasteiger partial charge in [0.2, 0.25) is 5.91 Å². The number of carbonyl (C=O) groups is 1. The Labute approximate surface area is 237 Å². The molecule has 0 fully saturated rings. The molecule has 3 aromatic carbocycles. The molecule has 208 valence electrons. The Morgan fingerprint density at radius 1 is 1.00 bits per heavy atom. The molecule has 0 spiro atoms. The van der Waals surface area contributed by atoms with E-state index in [2.05, 4.69) is 90.9 Å². The Kier molecular flexibility index (Phi) is 9.92. The fourth-order valence-electron chi connectivity index (χ4n) is 4.66. The summed E-state index contributed by atoms with van der Waals surface area (Å²) in [7, 11) is 3.48. The largest absolute Gasteiger partial charge is 0.492 e. The molecule has 0 saturated carbocycles. The van der Waals surface area contributed by atoms with Gasteiger partial charge in [0.05, 0.1) is 11.7 Å². The quantitative estimate of drug-likeness (QED) is 0.121. The van der Waals surface area contributed by atoms with Gasteiger partial charge in [-0.05, 0) is 70.0 Å². The fraction of sp³-hybridized carbons (Fsp3) is 0.294. The zero-order chi connectivity index (χ0) is 28.5. The van der Waals surface area contributed by atoms with Crippen molar-refractivity contribution in [1.82, 2.24) is 20.4 Å². The van der Waals surface area contributed by atoms with Crippen LogP contribution >= 0.6 is 0 Å². The number of nitrogens with zero attached hydrogens (tertiary/aromatic N) is 2. The summed E-state index contributed by atoms with van der Waals surface area (Å²) >= 11 is 0. The van der Waals surface area contributed by atoms with E-state index in [1.165, 1.54) is 22.3 Å². The summed E-state index contributed by atoms with van der Waals surface area (Å²) in [6, 6.07) is 23.8. The Balaban J connectivity index is 1.54. The summed E-state index contributed by atoms with van der Waals surface area (Å²) in [5.41, 5.74) is 8.44. The molecule has 0 aliphatic rings. The van der Waals surface area contributed by atoms with Crippen LogP contribution in [-0.2, 0) is 4.79 Å². The average molecular weight is 537 g/mol. The third-order valence-corrected chi connectivity index (χ3v) is 6.96. The van der Waals surface area contributed by atoms with E-state index in [-0.39, 0.29) is 5.91 Å². The molecule has 4 aromatic rings. The van der Waals surface area contributed by atoms with E-state index in [0.29, 0.717) is 25.6 Å². The normalized spacial score (nSPS) is 12.2. The molecule has 0 radical (unpaired) electrons. The van der Waals surface area contributed by atoms with Crippen LogP contribution in [0, 0.1) is 0 Å². The van der Waals surface area contributed by atoms with Crippen molar-refractivity contribution in [2.75, 3.05) is 33.8 Å². The first-order chi connectivity index (χ1) is 19.4. The van der Waals surface area contributed by atoms with Crippen molar-refractivity contribution in [3.8, 4) is 5.75 Å². The van der Waals surface area contributed by atoms with Gasteiger partial charge in [-0.3, -0.25) is 9.89 Å². The zero-order valence-corrected chi connectivity index (χ0v) is 24.2. The number of hydrogen-bond donors (Lipinski definition) is 2. The summed E-state index contributed by atoms with van der Waals surface area (Å²) in [5.74, 6) is 1.31. The molecule has 0 saturated heterocycles. The van der Waals surface area contributed by atoms with Crippen LogP contribution in [0.15, 0.2) is 85.1 Å². The number of nitrogens with one attached hydrogen (secondary N) is 2. The molecule has 6 heteroatoms. The smallest absolute Gasteiger partial charge is 0.245 e. The first-order valence-electron chi connectivity index (χ1n) is 14.0. The second-order valence-electron chi connectivity index (χ2n) is 10.4. The molecule has 0 atom stereocenters. The van der Waals surface area contributed by atoms with E-state index in [9.17, 15) is 4.79 Å². The maximum Gasteiger partial charge on any atom is 0.245 e. The molecule has 0 aliphatic carbocycles. The lowest BCUT2D eigenvalue weighted by atomic mass is 9.87. The number of aromatic amines is 1. The number of rotatable bonds is 12. The molecule has 6 nitrogen and oxygen atoms in total. The topological polar surface area (TPSA) is 70.2 Å². The van der Waals surface area contributed by atoms with Gasteiger partial charge >= 0.3 is 0 Å². The van der Waals surface area contributed by atoms with Gasteiger partial charge in [0.25, 0.3) is 0 Å². The van der Waals surface area contributed by atoms with Crippen LogP contribution in [0.3, 0.4) is 0 Å². The van der Waals surface area contributed by atoms with Crippen LogP contribution in [-0.4, -0.2) is 54.8 Å². The van der Waals surface area contributed by atoms with Gasteiger partial charge in [-0.2, -0.15) is 5.10 Å². The first kappa shape index (κ1) is 28.8. The number of aromatic nitrogens is 2. The molecule has 0 aliphatic heterocycles. The van der Waals surface area contributed by atoms with Crippen LogP contribution in [0.1, 0.15) is 55.4 Å². The minimum Gasteiger partial charge on any atom is -0.492 e. The van der Waals surface area contributed by atoms with E-state index in [0.717, 1.165) is 34.2 Å². The maximum atomic E-state index is 11.6. The number of likely N-dealkylation sites (N-methyl/N-ethyl adjacent to an activating group) is 1. The minimum absolute atomic E-state index is 0.0185. The van der Waals surface area contributed by atoms with E-state index >= 15 is 0 Å². The van der Waals surface area contributed by atoms with Crippen molar-refractivity contribution in [3.05, 3.63) is 107 Å². The van der Waals surface area contributed by atoms with Gasteiger partial charge in [-0.15, -0.1) is 0 Å². The Morgan fingerprint density at radius 2 is 1.70 bits per heavy atom. The maximum absolute atomic E-state index is 11.6. The third-order valence-electron chi connectivity index (χ3n) is 6.96. The number of allylic oxidation sites excluding steroid dienone is 1. The highest BCUT2D eigenvalue weighted by Crippen LogP contribution is 2.36. The molecule has 2 N–H and O–H groups in total. The van der Waals surface area contributed by atoms with Crippen molar-refractivity contribution < 1.29 is 9.53 Å². The molecule has 40 heavy (non-hydrogen) atoms. The van der Waals surface area contributed by atoms with Crippen LogP contribution < -0.4 is 10.1 Å². The summed E-state index contributed by atoms with van der Waals surface area (Å²) < 4.78 is 5.98. The van der Waals surface area contributed by atoms with Gasteiger partial charge in [-0.1, -0.05) is 69.3 Å². The minimum atomic E-state index is -0.0185. The Morgan fingerprint density at radius 3 is 2.38 bits per heavy atom. The molecule has 1 heterocycles. The highest BCUT2D eigenvalue weighted by molar-refractivity contribution is 6.00. The van der Waals surface area contributed by atoms with Crippen molar-refractivity contribution in [2.45, 2.75) is 33.1 Å². The van der Waals surface area contributed by atoms with Crippen LogP contribution in [0.5, 0.6) is 5.75 Å². The molecule has 1 amide bonds. The van der Waals surface area contributed by atoms with Gasteiger partial charge in [0.1, 0.15) is 12.4 Å². The number of benzene rings is 3. The van der Waals surface area contributed by atoms with E-state index < -0.39 is 0 Å². The molecule has 1 aromatic heterocycles. The molecule has 0 unspecified atom stereocenters.